The summed E-state index contributed by atoms with van der Waals surface area (Å²) in [5.41, 5.74) is 2.30. The largest absolute Gasteiger partial charge is 0.508 e. The van der Waals surface area contributed by atoms with Crippen LogP contribution in [-0.4, -0.2) is 78.8 Å². The van der Waals surface area contributed by atoms with Gasteiger partial charge in [-0.05, 0) is 17.7 Å². The highest BCUT2D eigenvalue weighted by molar-refractivity contribution is 8.01. The van der Waals surface area contributed by atoms with Crippen LogP contribution in [0.1, 0.15) is 5.56 Å². The van der Waals surface area contributed by atoms with Crippen molar-refractivity contribution in [3.63, 3.8) is 0 Å². The molecule has 0 radical (unpaired) electrons. The quantitative estimate of drug-likeness (QED) is 0.205. The molecule has 0 spiro atoms. The minimum absolute atomic E-state index is 0.0620. The first-order chi connectivity index (χ1) is 15.9. The summed E-state index contributed by atoms with van der Waals surface area (Å²) in [4.78, 5) is 43.6. The first-order valence-corrected chi connectivity index (χ1v) is 12.3. The summed E-state index contributed by atoms with van der Waals surface area (Å²) in [6.45, 7) is 0. The van der Waals surface area contributed by atoms with Gasteiger partial charge in [0.2, 0.25) is 0 Å². The number of oxime groups is 1. The number of thioether (sulfide) groups is 2. The smallest absolute Gasteiger partial charge is 0.352 e. The Labute approximate surface area is 199 Å². The molecular weight excluding hydrogens is 490 g/mol. The molecule has 1 unspecified atom stereocenters. The Hall–Kier alpha value is -3.10. The zero-order chi connectivity index (χ0) is 23.5. The first kappa shape index (κ1) is 23.1. The molecule has 2 aliphatic heterocycles. The molecule has 0 bridgehead atoms. The van der Waals surface area contributed by atoms with Gasteiger partial charge < -0.3 is 20.4 Å². The molecule has 172 valence electrons. The van der Waals surface area contributed by atoms with Crippen LogP contribution in [0.5, 0.6) is 5.75 Å². The number of carboxylic acids is 1. The van der Waals surface area contributed by atoms with Crippen molar-refractivity contribution in [1.82, 2.24) is 20.4 Å². The van der Waals surface area contributed by atoms with E-state index in [0.29, 0.717) is 27.0 Å². The van der Waals surface area contributed by atoms with Crippen molar-refractivity contribution < 1.29 is 29.4 Å². The Kier molecular flexibility index (Phi) is 6.85. The standard InChI is InChI=1S/C19H17N5O6S3/c1-30-23-12(9-3-2-4-11(25)5-9)15(26)21-13-16(27)24-14(18(28)29)10(6-31-17(13)24)7-32-19-22-20-8-33-19/h2-5,8,13,17,25H,6-7H2,1H3,(H,21,26)(H,28,29)/b23-12+/t13?,17-/m1/s1. The molecular formula is C19H17N5O6S3. The maximum absolute atomic E-state index is 12.9. The lowest BCUT2D eigenvalue weighted by Gasteiger charge is -2.49. The van der Waals surface area contributed by atoms with E-state index in [0.717, 1.165) is 0 Å². The van der Waals surface area contributed by atoms with Gasteiger partial charge in [-0.15, -0.1) is 22.0 Å². The third kappa shape index (κ3) is 4.67. The topological polar surface area (TPSA) is 154 Å². The summed E-state index contributed by atoms with van der Waals surface area (Å²) in [5, 5.41) is 32.9. The number of carbonyl (C=O) groups excluding carboxylic acids is 2. The van der Waals surface area contributed by atoms with Gasteiger partial charge in [-0.25, -0.2) is 4.79 Å². The van der Waals surface area contributed by atoms with Crippen molar-refractivity contribution >= 4 is 58.4 Å². The number of rotatable bonds is 8. The minimum atomic E-state index is -1.20. The van der Waals surface area contributed by atoms with Crippen LogP contribution >= 0.6 is 34.9 Å². The van der Waals surface area contributed by atoms with Gasteiger partial charge in [-0.3, -0.25) is 14.5 Å². The summed E-state index contributed by atoms with van der Waals surface area (Å²) in [5.74, 6) is -1.72. The third-order valence-corrected chi connectivity index (χ3v) is 8.05. The second kappa shape index (κ2) is 9.80. The van der Waals surface area contributed by atoms with Gasteiger partial charge in [0.1, 0.15) is 35.5 Å². The van der Waals surface area contributed by atoms with Crippen molar-refractivity contribution in [3.8, 4) is 5.75 Å². The van der Waals surface area contributed by atoms with Crippen LogP contribution in [0.4, 0.5) is 0 Å². The Morgan fingerprint density at radius 2 is 2.24 bits per heavy atom. The molecule has 1 aromatic carbocycles. The number of phenols is 1. The number of β-lactam (4-membered cyclic amide) rings is 1. The van der Waals surface area contributed by atoms with E-state index in [1.54, 1.807) is 17.6 Å². The number of hydrogen-bond donors (Lipinski definition) is 3. The summed E-state index contributed by atoms with van der Waals surface area (Å²) >= 11 is 4.07. The third-order valence-electron chi connectivity index (χ3n) is 4.76. The highest BCUT2D eigenvalue weighted by Gasteiger charge is 2.54. The van der Waals surface area contributed by atoms with Crippen LogP contribution in [-0.2, 0) is 19.2 Å². The molecule has 0 aliphatic carbocycles. The van der Waals surface area contributed by atoms with E-state index in [1.165, 1.54) is 59.0 Å². The van der Waals surface area contributed by atoms with Crippen molar-refractivity contribution in [2.45, 2.75) is 15.8 Å². The number of carboxylic acid groups (broad SMARTS) is 1. The van der Waals surface area contributed by atoms with Gasteiger partial charge in [0, 0.05) is 17.1 Å². The lowest BCUT2D eigenvalue weighted by atomic mass is 10.0. The predicted molar refractivity (Wildman–Crippen MR) is 122 cm³/mol. The van der Waals surface area contributed by atoms with Crippen molar-refractivity contribution in [2.24, 2.45) is 5.16 Å². The van der Waals surface area contributed by atoms with E-state index in [2.05, 4.69) is 20.7 Å². The molecule has 11 nitrogen and oxygen atoms in total. The van der Waals surface area contributed by atoms with Crippen LogP contribution in [0.2, 0.25) is 0 Å². The molecule has 4 rings (SSSR count). The Balaban J connectivity index is 1.50. The molecule has 2 aromatic rings. The number of amides is 2. The highest BCUT2D eigenvalue weighted by atomic mass is 32.2. The average Bonchev–Trinajstić information content (AvgIpc) is 3.32. The number of nitrogens with one attached hydrogen (secondary N) is 1. The number of aromatic nitrogens is 2. The Morgan fingerprint density at radius 1 is 1.42 bits per heavy atom. The minimum Gasteiger partial charge on any atom is -0.508 e. The summed E-state index contributed by atoms with van der Waals surface area (Å²) in [6.07, 6.45) is 0. The molecule has 2 amide bonds. The van der Waals surface area contributed by atoms with Crippen LogP contribution in [0.3, 0.4) is 0 Å². The second-order valence-corrected chi connectivity index (χ2v) is 9.95. The van der Waals surface area contributed by atoms with Gasteiger partial charge in [0.05, 0.1) is 0 Å². The number of aromatic hydroxyl groups is 1. The molecule has 2 atom stereocenters. The van der Waals surface area contributed by atoms with E-state index in [-0.39, 0.29) is 17.2 Å². The molecule has 1 aromatic heterocycles. The molecule has 2 aliphatic rings. The number of phenolic OH excluding ortho intramolecular Hbond substituents is 1. The van der Waals surface area contributed by atoms with E-state index < -0.39 is 29.2 Å². The van der Waals surface area contributed by atoms with E-state index >= 15 is 0 Å². The number of carbonyl (C=O) groups is 3. The van der Waals surface area contributed by atoms with Crippen molar-refractivity contribution in [2.75, 3.05) is 18.6 Å². The van der Waals surface area contributed by atoms with Crippen LogP contribution in [0.25, 0.3) is 0 Å². The fraction of sp³-hybridized carbons (Fsp3) is 0.263. The zero-order valence-corrected chi connectivity index (χ0v) is 19.4. The molecule has 14 heteroatoms. The first-order valence-electron chi connectivity index (χ1n) is 9.41. The van der Waals surface area contributed by atoms with E-state index in [4.69, 9.17) is 4.84 Å². The Morgan fingerprint density at radius 3 is 2.91 bits per heavy atom. The lowest BCUT2D eigenvalue weighted by molar-refractivity contribution is -0.150. The fourth-order valence-electron chi connectivity index (χ4n) is 3.35. The van der Waals surface area contributed by atoms with Gasteiger partial charge in [0.25, 0.3) is 11.8 Å². The predicted octanol–water partition coefficient (Wildman–Crippen LogP) is 1.13. The number of hydrogen-bond acceptors (Lipinski definition) is 11. The molecule has 0 saturated carbocycles. The SMILES string of the molecule is CO/N=C(/C(=O)NC1C(=O)N2C(C(=O)O)=C(CSc3nncs3)CS[C@H]12)c1cccc(O)c1. The number of fused-ring (bicyclic) bond motifs is 1. The van der Waals surface area contributed by atoms with Crippen molar-refractivity contribution in [3.05, 3.63) is 46.6 Å². The maximum Gasteiger partial charge on any atom is 0.352 e. The molecule has 1 saturated heterocycles. The Bertz CT molecular complexity index is 1150. The number of aliphatic carboxylic acids is 1. The molecule has 33 heavy (non-hydrogen) atoms. The van der Waals surface area contributed by atoms with Crippen LogP contribution in [0, 0.1) is 0 Å². The van der Waals surface area contributed by atoms with Gasteiger partial charge >= 0.3 is 5.97 Å². The maximum atomic E-state index is 12.9. The summed E-state index contributed by atoms with van der Waals surface area (Å²) < 4.78 is 0.705. The van der Waals surface area contributed by atoms with Crippen molar-refractivity contribution in [1.29, 1.82) is 0 Å². The van der Waals surface area contributed by atoms with E-state index in [1.807, 2.05) is 0 Å². The fourth-order valence-corrected chi connectivity index (χ4v) is 6.32. The summed E-state index contributed by atoms with van der Waals surface area (Å²) in [6, 6.07) is 4.97. The number of benzene rings is 1. The number of nitrogens with zero attached hydrogens (tertiary/aromatic N) is 4. The normalized spacial score (nSPS) is 20.2. The molecule has 3 heterocycles. The average molecular weight is 508 g/mol. The van der Waals surface area contributed by atoms with E-state index in [9.17, 15) is 24.6 Å². The second-order valence-electron chi connectivity index (χ2n) is 6.78. The summed E-state index contributed by atoms with van der Waals surface area (Å²) in [7, 11) is 1.27. The molecule has 3 N–H and O–H groups in total. The zero-order valence-electron chi connectivity index (χ0n) is 17.0. The highest BCUT2D eigenvalue weighted by Crippen LogP contribution is 2.41. The monoisotopic (exact) mass is 507 g/mol. The van der Waals surface area contributed by atoms with Gasteiger partial charge in [0.15, 0.2) is 10.1 Å². The van der Waals surface area contributed by atoms with Gasteiger partial charge in [-0.1, -0.05) is 40.4 Å². The molecule has 1 fully saturated rings. The lowest BCUT2D eigenvalue weighted by Crippen LogP contribution is -2.71. The van der Waals surface area contributed by atoms with Crippen LogP contribution < -0.4 is 5.32 Å². The van der Waals surface area contributed by atoms with Crippen LogP contribution in [0.15, 0.2) is 50.5 Å². The van der Waals surface area contributed by atoms with Gasteiger partial charge in [-0.2, -0.15) is 0 Å².